The molecule has 0 aliphatic rings. The van der Waals surface area contributed by atoms with E-state index in [9.17, 15) is 4.79 Å². The number of methoxy groups -OCH3 is 2. The molecule has 1 aromatic carbocycles. The Morgan fingerprint density at radius 3 is 2.50 bits per heavy atom. The van der Waals surface area contributed by atoms with Crippen LogP contribution in [0.1, 0.15) is 33.6 Å². The molecule has 4 heteroatoms. The van der Waals surface area contributed by atoms with Crippen LogP contribution in [0, 0.1) is 5.92 Å². The maximum Gasteiger partial charge on any atom is 0.331 e. The van der Waals surface area contributed by atoms with Gasteiger partial charge in [0.2, 0.25) is 0 Å². The number of para-hydroxylation sites is 2. The van der Waals surface area contributed by atoms with E-state index in [4.69, 9.17) is 9.47 Å². The first-order chi connectivity index (χ1) is 9.42. The van der Waals surface area contributed by atoms with E-state index in [2.05, 4.69) is 19.2 Å². The Labute approximate surface area is 121 Å². The number of carbonyl (C=O) groups excluding carboxylic acids is 1. The smallest absolute Gasteiger partial charge is 0.331 e. The Balaban J connectivity index is 2.97. The molecular formula is C16H25NO3. The first-order valence-corrected chi connectivity index (χ1v) is 6.92. The molecule has 0 aliphatic heterocycles. The summed E-state index contributed by atoms with van der Waals surface area (Å²) in [6.07, 6.45) is 1.64. The standard InChI is InChI=1S/C16H25NO3/c1-12(2)10-11-16(3,15(18)20-5)17-13-8-6-7-9-14(13)19-4/h6-9,12,17H,10-11H2,1-5H3. The molecule has 1 atom stereocenters. The van der Waals surface area contributed by atoms with Gasteiger partial charge in [-0.15, -0.1) is 0 Å². The highest BCUT2D eigenvalue weighted by Crippen LogP contribution is 2.29. The highest BCUT2D eigenvalue weighted by atomic mass is 16.5. The maximum atomic E-state index is 12.1. The first-order valence-electron chi connectivity index (χ1n) is 6.92. The van der Waals surface area contributed by atoms with Crippen molar-refractivity contribution < 1.29 is 14.3 Å². The molecule has 0 fully saturated rings. The molecular weight excluding hydrogens is 254 g/mol. The SMILES string of the molecule is COC(=O)C(C)(CCC(C)C)Nc1ccccc1OC. The minimum atomic E-state index is -0.756. The summed E-state index contributed by atoms with van der Waals surface area (Å²) < 4.78 is 10.3. The van der Waals surface area contributed by atoms with Crippen LogP contribution in [-0.2, 0) is 9.53 Å². The fourth-order valence-electron chi connectivity index (χ4n) is 2.06. The molecule has 1 aromatic rings. The fourth-order valence-corrected chi connectivity index (χ4v) is 2.06. The average molecular weight is 279 g/mol. The molecule has 112 valence electrons. The molecule has 1 rings (SSSR count). The summed E-state index contributed by atoms with van der Waals surface area (Å²) in [6, 6.07) is 7.57. The predicted octanol–water partition coefficient (Wildman–Crippen LogP) is 3.48. The van der Waals surface area contributed by atoms with Gasteiger partial charge in [0.25, 0.3) is 0 Å². The number of rotatable bonds is 7. The fraction of sp³-hybridized carbons (Fsp3) is 0.562. The van der Waals surface area contributed by atoms with Gasteiger partial charge in [-0.2, -0.15) is 0 Å². The Hall–Kier alpha value is -1.71. The number of nitrogens with one attached hydrogen (secondary N) is 1. The van der Waals surface area contributed by atoms with Gasteiger partial charge in [0.15, 0.2) is 0 Å². The number of esters is 1. The largest absolute Gasteiger partial charge is 0.495 e. The lowest BCUT2D eigenvalue weighted by Crippen LogP contribution is -2.44. The minimum absolute atomic E-state index is 0.260. The molecule has 0 aromatic heterocycles. The van der Waals surface area contributed by atoms with Crippen molar-refractivity contribution in [3.63, 3.8) is 0 Å². The second-order valence-corrected chi connectivity index (χ2v) is 5.58. The molecule has 0 radical (unpaired) electrons. The summed E-state index contributed by atoms with van der Waals surface area (Å²) in [4.78, 5) is 12.1. The van der Waals surface area contributed by atoms with Crippen LogP contribution in [0.25, 0.3) is 0 Å². The van der Waals surface area contributed by atoms with Gasteiger partial charge >= 0.3 is 5.97 Å². The number of carbonyl (C=O) groups is 1. The maximum absolute atomic E-state index is 12.1. The number of hydrogen-bond donors (Lipinski definition) is 1. The molecule has 20 heavy (non-hydrogen) atoms. The van der Waals surface area contributed by atoms with E-state index in [1.165, 1.54) is 7.11 Å². The van der Waals surface area contributed by atoms with Crippen molar-refractivity contribution in [1.82, 2.24) is 0 Å². The third kappa shape index (κ3) is 4.15. The van der Waals surface area contributed by atoms with Crippen molar-refractivity contribution in [2.45, 2.75) is 39.2 Å². The lowest BCUT2D eigenvalue weighted by atomic mass is 9.91. The Morgan fingerprint density at radius 1 is 1.30 bits per heavy atom. The van der Waals surface area contributed by atoms with Gasteiger partial charge in [-0.25, -0.2) is 4.79 Å². The number of anilines is 1. The van der Waals surface area contributed by atoms with Crippen LogP contribution in [0.2, 0.25) is 0 Å². The molecule has 0 heterocycles. The highest BCUT2D eigenvalue weighted by Gasteiger charge is 2.34. The summed E-state index contributed by atoms with van der Waals surface area (Å²) in [6.45, 7) is 6.15. The minimum Gasteiger partial charge on any atom is -0.495 e. The third-order valence-corrected chi connectivity index (χ3v) is 3.38. The molecule has 1 N–H and O–H groups in total. The monoisotopic (exact) mass is 279 g/mol. The quantitative estimate of drug-likeness (QED) is 0.776. The normalized spacial score (nSPS) is 13.7. The van der Waals surface area contributed by atoms with Gasteiger partial charge in [0, 0.05) is 0 Å². The van der Waals surface area contributed by atoms with Crippen molar-refractivity contribution in [3.8, 4) is 5.75 Å². The molecule has 0 aliphatic carbocycles. The van der Waals surface area contributed by atoms with E-state index in [0.717, 1.165) is 12.1 Å². The molecule has 0 spiro atoms. The van der Waals surface area contributed by atoms with Crippen molar-refractivity contribution in [3.05, 3.63) is 24.3 Å². The highest BCUT2D eigenvalue weighted by molar-refractivity contribution is 5.84. The van der Waals surface area contributed by atoms with E-state index < -0.39 is 5.54 Å². The molecule has 0 bridgehead atoms. The summed E-state index contributed by atoms with van der Waals surface area (Å²) in [7, 11) is 3.03. The molecule has 0 amide bonds. The van der Waals surface area contributed by atoms with Crippen molar-refractivity contribution in [1.29, 1.82) is 0 Å². The van der Waals surface area contributed by atoms with E-state index in [0.29, 0.717) is 18.1 Å². The molecule has 0 saturated carbocycles. The van der Waals surface area contributed by atoms with E-state index in [1.807, 2.05) is 31.2 Å². The van der Waals surface area contributed by atoms with E-state index in [-0.39, 0.29) is 5.97 Å². The van der Waals surface area contributed by atoms with Crippen LogP contribution in [0.15, 0.2) is 24.3 Å². The van der Waals surface area contributed by atoms with Gasteiger partial charge < -0.3 is 14.8 Å². The van der Waals surface area contributed by atoms with Crippen LogP contribution in [-0.4, -0.2) is 25.7 Å². The zero-order valence-electron chi connectivity index (χ0n) is 13.0. The van der Waals surface area contributed by atoms with E-state index in [1.54, 1.807) is 7.11 Å². The van der Waals surface area contributed by atoms with Crippen LogP contribution in [0.3, 0.4) is 0 Å². The average Bonchev–Trinajstić information content (AvgIpc) is 2.44. The predicted molar refractivity (Wildman–Crippen MR) is 81.1 cm³/mol. The second kappa shape index (κ2) is 7.17. The number of ether oxygens (including phenoxy) is 2. The summed E-state index contributed by atoms with van der Waals surface area (Å²) >= 11 is 0. The zero-order chi connectivity index (χ0) is 15.2. The zero-order valence-corrected chi connectivity index (χ0v) is 13.0. The second-order valence-electron chi connectivity index (χ2n) is 5.58. The van der Waals surface area contributed by atoms with Gasteiger partial charge in [0.05, 0.1) is 19.9 Å². The summed E-state index contributed by atoms with van der Waals surface area (Å²) in [5.41, 5.74) is 0.0415. The molecule has 4 nitrogen and oxygen atoms in total. The summed E-state index contributed by atoms with van der Waals surface area (Å²) in [5, 5.41) is 3.28. The molecule has 1 unspecified atom stereocenters. The number of hydrogen-bond acceptors (Lipinski definition) is 4. The van der Waals surface area contributed by atoms with Gasteiger partial charge in [0.1, 0.15) is 11.3 Å². The van der Waals surface area contributed by atoms with Gasteiger partial charge in [-0.3, -0.25) is 0 Å². The topological polar surface area (TPSA) is 47.6 Å². The van der Waals surface area contributed by atoms with Crippen molar-refractivity contribution >= 4 is 11.7 Å². The van der Waals surface area contributed by atoms with Gasteiger partial charge in [-0.1, -0.05) is 26.0 Å². The van der Waals surface area contributed by atoms with Crippen molar-refractivity contribution in [2.75, 3.05) is 19.5 Å². The number of benzene rings is 1. The van der Waals surface area contributed by atoms with Crippen molar-refractivity contribution in [2.24, 2.45) is 5.92 Å². The van der Waals surface area contributed by atoms with E-state index >= 15 is 0 Å². The summed E-state index contributed by atoms with van der Waals surface area (Å²) in [5.74, 6) is 0.981. The lowest BCUT2D eigenvalue weighted by Gasteiger charge is -2.30. The van der Waals surface area contributed by atoms with Crippen LogP contribution < -0.4 is 10.1 Å². The Bertz CT molecular complexity index is 445. The Kier molecular flexibility index (Phi) is 5.86. The van der Waals surface area contributed by atoms with Crippen LogP contribution in [0.5, 0.6) is 5.75 Å². The third-order valence-electron chi connectivity index (χ3n) is 3.38. The Morgan fingerprint density at radius 2 is 1.95 bits per heavy atom. The van der Waals surface area contributed by atoms with Gasteiger partial charge in [-0.05, 0) is 37.8 Å². The molecule has 0 saturated heterocycles. The van der Waals surface area contributed by atoms with Crippen LogP contribution >= 0.6 is 0 Å². The van der Waals surface area contributed by atoms with Crippen LogP contribution in [0.4, 0.5) is 5.69 Å². The first kappa shape index (κ1) is 16.3. The lowest BCUT2D eigenvalue weighted by molar-refractivity contribution is -0.145.